The van der Waals surface area contributed by atoms with Crippen LogP contribution in [0, 0.1) is 11.3 Å². The van der Waals surface area contributed by atoms with E-state index in [4.69, 9.17) is 0 Å². The molecule has 28 heavy (non-hydrogen) atoms. The number of carboxylic acid groups (broad SMARTS) is 1. The van der Waals surface area contributed by atoms with Gasteiger partial charge in [-0.25, -0.2) is 14.8 Å². The summed E-state index contributed by atoms with van der Waals surface area (Å²) < 4.78 is 0. The number of likely N-dealkylation sites (tertiary alicyclic amines) is 1. The van der Waals surface area contributed by atoms with Crippen LogP contribution in [0.2, 0.25) is 0 Å². The summed E-state index contributed by atoms with van der Waals surface area (Å²) in [5.41, 5.74) is 2.27. The van der Waals surface area contributed by atoms with E-state index in [2.05, 4.69) is 9.97 Å². The van der Waals surface area contributed by atoms with E-state index in [1.807, 2.05) is 37.8 Å². The molecule has 3 rings (SSSR count). The first-order valence-electron chi connectivity index (χ1n) is 9.68. The summed E-state index contributed by atoms with van der Waals surface area (Å²) in [6.07, 6.45) is 4.38. The van der Waals surface area contributed by atoms with E-state index in [9.17, 15) is 14.7 Å². The Balaban J connectivity index is 1.73. The lowest BCUT2D eigenvalue weighted by Gasteiger charge is -2.36. The Hall–Kier alpha value is -2.76. The number of nitrogens with zero attached hydrogens (tertiary/aromatic N) is 3. The minimum Gasteiger partial charge on any atom is -0.478 e. The number of aromatic nitrogens is 2. The summed E-state index contributed by atoms with van der Waals surface area (Å²) in [5.74, 6) is -0.388. The number of rotatable bonds is 4. The third kappa shape index (κ3) is 4.74. The highest BCUT2D eigenvalue weighted by molar-refractivity contribution is 5.89. The van der Waals surface area contributed by atoms with E-state index in [1.165, 1.54) is 6.33 Å². The van der Waals surface area contributed by atoms with Crippen LogP contribution in [0.5, 0.6) is 0 Å². The Labute approximate surface area is 165 Å². The maximum Gasteiger partial charge on any atom is 0.335 e. The van der Waals surface area contributed by atoms with Crippen molar-refractivity contribution in [3.05, 3.63) is 47.9 Å². The number of hydrogen-bond acceptors (Lipinski definition) is 4. The second-order valence-electron chi connectivity index (χ2n) is 8.49. The summed E-state index contributed by atoms with van der Waals surface area (Å²) in [6, 6.07) is 8.68. The first-order valence-corrected chi connectivity index (χ1v) is 9.68. The molecular weight excluding hydrogens is 354 g/mol. The Morgan fingerprint density at radius 2 is 2.00 bits per heavy atom. The zero-order valence-corrected chi connectivity index (χ0v) is 16.7. The molecule has 0 spiro atoms. The van der Waals surface area contributed by atoms with Crippen LogP contribution in [-0.4, -0.2) is 44.9 Å². The monoisotopic (exact) mass is 381 g/mol. The van der Waals surface area contributed by atoms with Gasteiger partial charge in [0.1, 0.15) is 6.33 Å². The topological polar surface area (TPSA) is 83.4 Å². The van der Waals surface area contributed by atoms with Gasteiger partial charge in [-0.05, 0) is 43.4 Å². The van der Waals surface area contributed by atoms with Gasteiger partial charge < -0.3 is 10.0 Å². The van der Waals surface area contributed by atoms with Gasteiger partial charge in [0.15, 0.2) is 0 Å². The van der Waals surface area contributed by atoms with Crippen molar-refractivity contribution in [2.45, 2.75) is 40.0 Å². The number of aromatic carboxylic acids is 1. The molecule has 0 unspecified atom stereocenters. The Bertz CT molecular complexity index is 873. The van der Waals surface area contributed by atoms with Gasteiger partial charge in [0, 0.05) is 29.8 Å². The molecule has 0 aliphatic carbocycles. The summed E-state index contributed by atoms with van der Waals surface area (Å²) in [4.78, 5) is 34.5. The van der Waals surface area contributed by atoms with Crippen LogP contribution in [0.25, 0.3) is 11.3 Å². The highest BCUT2D eigenvalue weighted by Crippen LogP contribution is 2.26. The Morgan fingerprint density at radius 3 is 2.71 bits per heavy atom. The smallest absolute Gasteiger partial charge is 0.335 e. The van der Waals surface area contributed by atoms with Crippen molar-refractivity contribution in [3.8, 4) is 11.3 Å². The van der Waals surface area contributed by atoms with E-state index in [0.717, 1.165) is 43.6 Å². The molecule has 6 nitrogen and oxygen atoms in total. The van der Waals surface area contributed by atoms with Gasteiger partial charge in [0.25, 0.3) is 0 Å². The summed E-state index contributed by atoms with van der Waals surface area (Å²) in [6.45, 7) is 7.45. The fraction of sp³-hybridized carbons (Fsp3) is 0.455. The van der Waals surface area contributed by atoms with E-state index in [0.29, 0.717) is 11.6 Å². The molecule has 2 aromatic rings. The maximum absolute atomic E-state index is 12.6. The van der Waals surface area contributed by atoms with Gasteiger partial charge >= 0.3 is 5.97 Å². The van der Waals surface area contributed by atoms with Crippen molar-refractivity contribution < 1.29 is 14.7 Å². The largest absolute Gasteiger partial charge is 0.478 e. The van der Waals surface area contributed by atoms with Crippen molar-refractivity contribution in [1.29, 1.82) is 0 Å². The zero-order chi connectivity index (χ0) is 20.3. The van der Waals surface area contributed by atoms with Crippen molar-refractivity contribution >= 4 is 11.9 Å². The van der Waals surface area contributed by atoms with Gasteiger partial charge in [0.05, 0.1) is 11.3 Å². The van der Waals surface area contributed by atoms with Gasteiger partial charge in [-0.15, -0.1) is 0 Å². The van der Waals surface area contributed by atoms with Crippen molar-refractivity contribution in [2.24, 2.45) is 11.3 Å². The number of carbonyl (C=O) groups excluding carboxylic acids is 1. The molecule has 2 heterocycles. The molecule has 148 valence electrons. The average molecular weight is 381 g/mol. The number of benzene rings is 1. The third-order valence-electron chi connectivity index (χ3n) is 5.07. The molecule has 0 radical (unpaired) electrons. The van der Waals surface area contributed by atoms with Crippen LogP contribution in [0.1, 0.15) is 49.7 Å². The first kappa shape index (κ1) is 20.0. The van der Waals surface area contributed by atoms with Crippen LogP contribution in [0.3, 0.4) is 0 Å². The fourth-order valence-electron chi connectivity index (χ4n) is 3.66. The molecule has 1 atom stereocenters. The molecule has 1 aromatic carbocycles. The molecule has 1 aliphatic rings. The lowest BCUT2D eigenvalue weighted by Crippen LogP contribution is -2.45. The second kappa shape index (κ2) is 8.09. The number of hydrogen-bond donors (Lipinski definition) is 1. The molecule has 0 bridgehead atoms. The molecule has 1 fully saturated rings. The lowest BCUT2D eigenvalue weighted by atomic mass is 9.89. The molecule has 1 amide bonds. The average Bonchev–Trinajstić information content (AvgIpc) is 2.67. The van der Waals surface area contributed by atoms with Crippen LogP contribution in [0.15, 0.2) is 36.7 Å². The fourth-order valence-corrected chi connectivity index (χ4v) is 3.66. The highest BCUT2D eigenvalue weighted by Gasteiger charge is 2.31. The highest BCUT2D eigenvalue weighted by atomic mass is 16.4. The minimum atomic E-state index is -0.957. The Kier molecular flexibility index (Phi) is 5.77. The molecule has 1 aliphatic heterocycles. The van der Waals surface area contributed by atoms with Gasteiger partial charge in [-0.1, -0.05) is 32.9 Å². The summed E-state index contributed by atoms with van der Waals surface area (Å²) in [7, 11) is 0. The Morgan fingerprint density at radius 1 is 1.21 bits per heavy atom. The van der Waals surface area contributed by atoms with E-state index < -0.39 is 5.97 Å². The molecule has 0 saturated carbocycles. The summed E-state index contributed by atoms with van der Waals surface area (Å²) >= 11 is 0. The molecule has 6 heteroatoms. The zero-order valence-electron chi connectivity index (χ0n) is 16.7. The predicted octanol–water partition coefficient (Wildman–Crippen LogP) is 3.67. The number of carboxylic acids is 1. The second-order valence-corrected chi connectivity index (χ2v) is 8.49. The number of carbonyl (C=O) groups is 2. The lowest BCUT2D eigenvalue weighted by molar-refractivity contribution is -0.141. The molecule has 1 aromatic heterocycles. The normalized spacial score (nSPS) is 17.4. The minimum absolute atomic E-state index is 0.200. The van der Waals surface area contributed by atoms with Crippen molar-refractivity contribution in [2.75, 3.05) is 13.1 Å². The molecular formula is C22H27N3O3. The van der Waals surface area contributed by atoms with Crippen molar-refractivity contribution in [1.82, 2.24) is 14.9 Å². The number of piperidine rings is 1. The van der Waals surface area contributed by atoms with Crippen LogP contribution >= 0.6 is 0 Å². The van der Waals surface area contributed by atoms with Gasteiger partial charge in [-0.2, -0.15) is 0 Å². The third-order valence-corrected chi connectivity index (χ3v) is 5.07. The predicted molar refractivity (Wildman–Crippen MR) is 107 cm³/mol. The van der Waals surface area contributed by atoms with Crippen molar-refractivity contribution in [3.63, 3.8) is 0 Å². The molecule has 1 N–H and O–H groups in total. The quantitative estimate of drug-likeness (QED) is 0.874. The van der Waals surface area contributed by atoms with Crippen LogP contribution < -0.4 is 0 Å². The van der Waals surface area contributed by atoms with Crippen LogP contribution in [-0.2, 0) is 11.2 Å². The van der Waals surface area contributed by atoms with E-state index in [1.54, 1.807) is 18.2 Å². The first-order chi connectivity index (χ1) is 13.2. The van der Waals surface area contributed by atoms with Gasteiger partial charge in [-0.3, -0.25) is 4.79 Å². The number of amides is 1. The summed E-state index contributed by atoms with van der Waals surface area (Å²) in [5, 5.41) is 9.19. The SMILES string of the molecule is CC(C)(C)C(=O)N1CCC[C@H](Cc2cc(-c3cccc(C(=O)O)c3)ncn2)C1. The standard InChI is InChI=1S/C22H27N3O3/c1-22(2,3)21(28)25-9-5-6-15(13-25)10-18-12-19(24-14-23-18)16-7-4-8-17(11-16)20(26)27/h4,7-8,11-12,14-15H,5-6,9-10,13H2,1-3H3,(H,26,27)/t15-/m1/s1. The maximum atomic E-state index is 12.6. The van der Waals surface area contributed by atoms with Gasteiger partial charge in [0.2, 0.25) is 5.91 Å². The molecule has 1 saturated heterocycles. The van der Waals surface area contributed by atoms with Crippen LogP contribution in [0.4, 0.5) is 0 Å². The van der Waals surface area contributed by atoms with E-state index in [-0.39, 0.29) is 16.9 Å². The van der Waals surface area contributed by atoms with E-state index >= 15 is 0 Å².